The minimum atomic E-state index is -4.30. The Bertz CT molecular complexity index is 467. The van der Waals surface area contributed by atoms with Crippen LogP contribution in [0.4, 0.5) is 0 Å². The second-order valence-corrected chi connectivity index (χ2v) is 9.19. The summed E-state index contributed by atoms with van der Waals surface area (Å²) in [4.78, 5) is 30.8. The Labute approximate surface area is 138 Å². The van der Waals surface area contributed by atoms with Crippen molar-refractivity contribution in [2.24, 2.45) is 0 Å². The van der Waals surface area contributed by atoms with Crippen molar-refractivity contribution in [2.45, 2.75) is 19.9 Å². The topological polar surface area (TPSA) is 117 Å². The van der Waals surface area contributed by atoms with Crippen molar-refractivity contribution in [3.05, 3.63) is 19.2 Å². The number of quaternary nitrogens is 1. The van der Waals surface area contributed by atoms with Crippen LogP contribution in [0.3, 0.4) is 0 Å². The molecule has 0 aromatic carbocycles. The highest BCUT2D eigenvalue weighted by molar-refractivity contribution is 9.13. The molecule has 0 radical (unpaired) electrons. The van der Waals surface area contributed by atoms with Crippen LogP contribution in [0.15, 0.2) is 14.3 Å². The van der Waals surface area contributed by atoms with E-state index >= 15 is 0 Å². The summed E-state index contributed by atoms with van der Waals surface area (Å²) in [6.07, 6.45) is -0.466. The average molecular weight is 452 g/mol. The SMILES string of the molecule is CC(C)[NH3+].O=C(NCCP(=O)([O-])O)c1cc(Br)c(Br)s1. The molecule has 1 rings (SSSR count). The third-order valence-corrected chi connectivity index (χ3v) is 5.59. The first-order valence-corrected chi connectivity index (χ1v) is 9.78. The lowest BCUT2D eigenvalue weighted by Gasteiger charge is -2.14. The van der Waals surface area contributed by atoms with Crippen LogP contribution in [0.2, 0.25) is 0 Å². The van der Waals surface area contributed by atoms with E-state index in [1.54, 1.807) is 6.07 Å². The van der Waals surface area contributed by atoms with Gasteiger partial charge in [-0.15, -0.1) is 11.3 Å². The zero-order valence-corrected chi connectivity index (χ0v) is 15.9. The van der Waals surface area contributed by atoms with Crippen LogP contribution in [0, 0.1) is 0 Å². The van der Waals surface area contributed by atoms with Gasteiger partial charge in [-0.3, -0.25) is 4.79 Å². The largest absolute Gasteiger partial charge is 0.779 e. The summed E-state index contributed by atoms with van der Waals surface area (Å²) in [5.74, 6) is -0.371. The molecule has 6 nitrogen and oxygen atoms in total. The molecular formula is C10H17Br2N2O4PS. The number of nitrogens with one attached hydrogen (secondary N) is 1. The molecule has 1 aromatic rings. The van der Waals surface area contributed by atoms with Crippen molar-refractivity contribution in [3.8, 4) is 0 Å². The fourth-order valence-electron chi connectivity index (χ4n) is 0.856. The fraction of sp³-hybridized carbons (Fsp3) is 0.500. The van der Waals surface area contributed by atoms with Gasteiger partial charge in [-0.1, -0.05) is 0 Å². The van der Waals surface area contributed by atoms with Gasteiger partial charge in [-0.2, -0.15) is 0 Å². The molecule has 0 aliphatic carbocycles. The van der Waals surface area contributed by atoms with Crippen LogP contribution < -0.4 is 15.9 Å². The lowest BCUT2D eigenvalue weighted by molar-refractivity contribution is -0.407. The third kappa shape index (κ3) is 10.0. The van der Waals surface area contributed by atoms with E-state index in [4.69, 9.17) is 4.89 Å². The van der Waals surface area contributed by atoms with Crippen molar-refractivity contribution < 1.29 is 24.9 Å². The molecule has 0 aliphatic rings. The monoisotopic (exact) mass is 450 g/mol. The van der Waals surface area contributed by atoms with Crippen LogP contribution in [-0.2, 0) is 4.57 Å². The van der Waals surface area contributed by atoms with Gasteiger partial charge in [-0.25, -0.2) is 0 Å². The molecule has 0 saturated heterocycles. The van der Waals surface area contributed by atoms with Gasteiger partial charge >= 0.3 is 0 Å². The van der Waals surface area contributed by atoms with E-state index in [9.17, 15) is 14.3 Å². The van der Waals surface area contributed by atoms with E-state index in [1.165, 1.54) is 11.3 Å². The Kier molecular flexibility index (Phi) is 9.41. The molecule has 0 bridgehead atoms. The molecule has 116 valence electrons. The van der Waals surface area contributed by atoms with Crippen LogP contribution in [0.1, 0.15) is 23.5 Å². The highest BCUT2D eigenvalue weighted by atomic mass is 79.9. The summed E-state index contributed by atoms with van der Waals surface area (Å²) in [5, 5.41) is 2.39. The Hall–Kier alpha value is 0.240. The maximum absolute atomic E-state index is 11.5. The molecule has 1 atom stereocenters. The van der Waals surface area contributed by atoms with Gasteiger partial charge in [0.15, 0.2) is 0 Å². The van der Waals surface area contributed by atoms with Crippen molar-refractivity contribution in [2.75, 3.05) is 12.7 Å². The van der Waals surface area contributed by atoms with E-state index in [1.807, 2.05) is 0 Å². The molecular weight excluding hydrogens is 435 g/mol. The van der Waals surface area contributed by atoms with Gasteiger partial charge < -0.3 is 25.4 Å². The summed E-state index contributed by atoms with van der Waals surface area (Å²) in [6.45, 7) is 4.00. The Balaban J connectivity index is 0.000000796. The summed E-state index contributed by atoms with van der Waals surface area (Å²) in [7, 11) is -4.30. The highest BCUT2D eigenvalue weighted by Gasteiger charge is 2.12. The number of hydrogen-bond donors (Lipinski definition) is 3. The maximum atomic E-state index is 11.5. The summed E-state index contributed by atoms with van der Waals surface area (Å²) < 4.78 is 12.0. The van der Waals surface area contributed by atoms with Crippen molar-refractivity contribution in [1.82, 2.24) is 5.32 Å². The maximum Gasteiger partial charge on any atom is 0.261 e. The highest BCUT2D eigenvalue weighted by Crippen LogP contribution is 2.32. The minimum Gasteiger partial charge on any atom is -0.779 e. The first kappa shape index (κ1) is 20.2. The number of thiophene rings is 1. The molecule has 10 heteroatoms. The van der Waals surface area contributed by atoms with Gasteiger partial charge in [0.05, 0.1) is 14.7 Å². The van der Waals surface area contributed by atoms with E-state index in [-0.39, 0.29) is 12.5 Å². The molecule has 1 amide bonds. The van der Waals surface area contributed by atoms with Gasteiger partial charge in [0.2, 0.25) is 0 Å². The Morgan fingerprint density at radius 3 is 2.45 bits per heavy atom. The Morgan fingerprint density at radius 1 is 1.60 bits per heavy atom. The third-order valence-electron chi connectivity index (χ3n) is 1.55. The van der Waals surface area contributed by atoms with Crippen molar-refractivity contribution in [1.29, 1.82) is 0 Å². The second kappa shape index (κ2) is 9.30. The van der Waals surface area contributed by atoms with Gasteiger partial charge in [0.25, 0.3) is 5.91 Å². The molecule has 0 aliphatic heterocycles. The zero-order valence-electron chi connectivity index (χ0n) is 11.1. The smallest absolute Gasteiger partial charge is 0.261 e. The van der Waals surface area contributed by atoms with Gasteiger partial charge in [-0.05, 0) is 51.8 Å². The molecule has 0 saturated carbocycles. The number of carbonyl (C=O) groups is 1. The molecule has 0 spiro atoms. The molecule has 20 heavy (non-hydrogen) atoms. The quantitative estimate of drug-likeness (QED) is 0.596. The van der Waals surface area contributed by atoms with E-state index in [0.717, 1.165) is 8.26 Å². The lowest BCUT2D eigenvalue weighted by Crippen LogP contribution is -2.57. The van der Waals surface area contributed by atoms with Crippen LogP contribution in [-0.4, -0.2) is 29.5 Å². The number of hydrogen-bond acceptors (Lipinski definition) is 4. The summed E-state index contributed by atoms with van der Waals surface area (Å²) in [5.41, 5.74) is 3.64. The normalized spacial score (nSPS) is 13.4. The van der Waals surface area contributed by atoms with Crippen molar-refractivity contribution >= 4 is 56.7 Å². The van der Waals surface area contributed by atoms with Crippen molar-refractivity contribution in [3.63, 3.8) is 0 Å². The number of rotatable bonds is 4. The predicted molar refractivity (Wildman–Crippen MR) is 84.8 cm³/mol. The lowest BCUT2D eigenvalue weighted by atomic mass is 10.4. The van der Waals surface area contributed by atoms with E-state index in [0.29, 0.717) is 10.9 Å². The fourth-order valence-corrected chi connectivity index (χ4v) is 3.20. The molecule has 0 fully saturated rings. The average Bonchev–Trinajstić information content (AvgIpc) is 2.56. The first-order chi connectivity index (χ1) is 9.03. The van der Waals surface area contributed by atoms with Crippen LogP contribution in [0.25, 0.3) is 0 Å². The number of carbonyl (C=O) groups excluding carboxylic acids is 1. The van der Waals surface area contributed by atoms with Crippen LogP contribution >= 0.6 is 50.8 Å². The zero-order chi connectivity index (χ0) is 15.9. The number of halogens is 2. The second-order valence-electron chi connectivity index (χ2n) is 4.24. The summed E-state index contributed by atoms with van der Waals surface area (Å²) >= 11 is 7.70. The molecule has 1 aromatic heterocycles. The number of amides is 1. The van der Waals surface area contributed by atoms with Gasteiger partial charge in [0, 0.05) is 17.2 Å². The predicted octanol–water partition coefficient (Wildman–Crippen LogP) is 1.19. The molecule has 1 unspecified atom stereocenters. The standard InChI is InChI=1S/C7H8Br2NO4PS.C3H9N/c8-4-3-5(16-6(4)9)7(11)10-1-2-15(12,13)14;1-3(2)4/h3H,1-2H2,(H,10,11)(H2,12,13,14);3H,4H2,1-2H3. The molecule has 1 heterocycles. The Morgan fingerprint density at radius 2 is 2.10 bits per heavy atom. The van der Waals surface area contributed by atoms with E-state index < -0.39 is 13.8 Å². The summed E-state index contributed by atoms with van der Waals surface area (Å²) in [6, 6.07) is 2.21. The van der Waals surface area contributed by atoms with E-state index in [2.05, 4.69) is 56.8 Å². The van der Waals surface area contributed by atoms with Gasteiger partial charge in [0.1, 0.15) is 7.60 Å². The molecule has 5 N–H and O–H groups in total. The minimum absolute atomic E-state index is 0.108. The first-order valence-electron chi connectivity index (χ1n) is 5.62. The van der Waals surface area contributed by atoms with Crippen LogP contribution in [0.5, 0.6) is 0 Å².